The summed E-state index contributed by atoms with van der Waals surface area (Å²) in [5, 5.41) is 2.51. The van der Waals surface area contributed by atoms with Crippen LogP contribution in [0.1, 0.15) is 5.56 Å². The predicted molar refractivity (Wildman–Crippen MR) is 104 cm³/mol. The summed E-state index contributed by atoms with van der Waals surface area (Å²) in [7, 11) is 0. The van der Waals surface area contributed by atoms with E-state index in [1.165, 1.54) is 4.90 Å². The zero-order valence-electron chi connectivity index (χ0n) is 15.7. The molecule has 29 heavy (non-hydrogen) atoms. The van der Waals surface area contributed by atoms with E-state index in [4.69, 9.17) is 21.2 Å². The van der Waals surface area contributed by atoms with Gasteiger partial charge in [0.15, 0.2) is 0 Å². The zero-order chi connectivity index (χ0) is 20.4. The summed E-state index contributed by atoms with van der Waals surface area (Å²) in [4.78, 5) is 44.6. The van der Waals surface area contributed by atoms with Crippen molar-refractivity contribution in [2.24, 2.45) is 5.73 Å². The van der Waals surface area contributed by atoms with E-state index in [1.54, 1.807) is 12.4 Å². The summed E-state index contributed by atoms with van der Waals surface area (Å²) < 4.78 is 5.41. The predicted octanol–water partition coefficient (Wildman–Crippen LogP) is -1.09. The number of carbonyl (C=O) groups excluding carboxylic acids is 2. The fourth-order valence-corrected chi connectivity index (χ4v) is 3.30. The zero-order valence-corrected chi connectivity index (χ0v) is 15.7. The molecule has 0 aromatic carbocycles. The Morgan fingerprint density at radius 1 is 1.14 bits per heavy atom. The third kappa shape index (κ3) is 3.87. The number of aromatic nitrogens is 4. The molecule has 0 unspecified atom stereocenters. The molecule has 1 saturated heterocycles. The maximum atomic E-state index is 12.6. The number of carbonyl (C=O) groups is 2. The number of ether oxygens (including phenoxy) is 1. The normalized spacial score (nSPS) is 15.9. The van der Waals surface area contributed by atoms with Gasteiger partial charge in [-0.25, -0.2) is 19.7 Å². The van der Waals surface area contributed by atoms with E-state index in [1.807, 2.05) is 4.90 Å². The van der Waals surface area contributed by atoms with Gasteiger partial charge >= 0.3 is 6.03 Å². The van der Waals surface area contributed by atoms with Crippen LogP contribution in [0.25, 0.3) is 11.3 Å². The van der Waals surface area contributed by atoms with Crippen molar-refractivity contribution >= 4 is 29.7 Å². The molecule has 0 aliphatic carbocycles. The lowest BCUT2D eigenvalue weighted by Crippen LogP contribution is -2.43. The first-order valence-electron chi connectivity index (χ1n) is 9.18. The van der Waals surface area contributed by atoms with Crippen LogP contribution in [-0.4, -0.2) is 71.3 Å². The number of primary amides is 1. The summed E-state index contributed by atoms with van der Waals surface area (Å²) in [5.41, 5.74) is 12.9. The molecule has 0 radical (unpaired) electrons. The van der Waals surface area contributed by atoms with Crippen LogP contribution in [0.3, 0.4) is 0 Å². The number of amides is 3. The van der Waals surface area contributed by atoms with Crippen LogP contribution in [0.2, 0.25) is 0 Å². The molecule has 2 aliphatic rings. The molecule has 4 heterocycles. The van der Waals surface area contributed by atoms with Crippen molar-refractivity contribution in [1.82, 2.24) is 25.3 Å². The third-order valence-corrected chi connectivity index (χ3v) is 4.71. The monoisotopic (exact) mass is 399 g/mol. The summed E-state index contributed by atoms with van der Waals surface area (Å²) in [5.74, 6) is 0.540. The van der Waals surface area contributed by atoms with Gasteiger partial charge in [0.05, 0.1) is 25.5 Å². The first kappa shape index (κ1) is 18.8. The number of fused-ring (bicyclic) bond motifs is 1. The molecule has 4 rings (SSSR count). The lowest BCUT2D eigenvalue weighted by molar-refractivity contribution is -0.117. The minimum Gasteiger partial charge on any atom is -0.378 e. The van der Waals surface area contributed by atoms with Gasteiger partial charge in [-0.3, -0.25) is 9.69 Å². The van der Waals surface area contributed by atoms with E-state index >= 15 is 0 Å². The average molecular weight is 399 g/mol. The Hall–Kier alpha value is -3.54. The van der Waals surface area contributed by atoms with Gasteiger partial charge in [-0.05, 0) is 6.42 Å². The van der Waals surface area contributed by atoms with Gasteiger partial charge in [-0.15, -0.1) is 0 Å². The van der Waals surface area contributed by atoms with Gasteiger partial charge in [0.1, 0.15) is 5.82 Å². The van der Waals surface area contributed by atoms with Crippen LogP contribution in [0.5, 0.6) is 0 Å². The van der Waals surface area contributed by atoms with Crippen LogP contribution in [0.4, 0.5) is 22.5 Å². The molecular weight excluding hydrogens is 378 g/mol. The minimum absolute atomic E-state index is 0.167. The highest BCUT2D eigenvalue weighted by molar-refractivity contribution is 5.96. The number of rotatable bonds is 4. The molecule has 0 atom stereocenters. The molecular formula is C17H21N9O3. The highest BCUT2D eigenvalue weighted by atomic mass is 16.5. The number of morpholine rings is 1. The highest BCUT2D eigenvalue weighted by Gasteiger charge is 2.31. The van der Waals surface area contributed by atoms with Crippen LogP contribution in [0.15, 0.2) is 12.4 Å². The molecule has 2 aliphatic heterocycles. The fourth-order valence-electron chi connectivity index (χ4n) is 3.30. The first-order chi connectivity index (χ1) is 14.0. The van der Waals surface area contributed by atoms with Crippen molar-refractivity contribution in [2.45, 2.75) is 6.42 Å². The Balaban J connectivity index is 1.74. The topological polar surface area (TPSA) is 165 Å². The quantitative estimate of drug-likeness (QED) is 0.579. The summed E-state index contributed by atoms with van der Waals surface area (Å²) in [6.07, 6.45) is 3.76. The number of nitrogens with one attached hydrogen (secondary N) is 1. The Morgan fingerprint density at radius 2 is 1.86 bits per heavy atom. The number of nitrogens with two attached hydrogens (primary N) is 2. The molecule has 1 fully saturated rings. The molecule has 0 spiro atoms. The van der Waals surface area contributed by atoms with Gasteiger partial charge in [0.2, 0.25) is 17.8 Å². The Bertz CT molecular complexity index is 928. The van der Waals surface area contributed by atoms with Gasteiger partial charge < -0.3 is 26.4 Å². The Labute approximate surface area is 166 Å². The van der Waals surface area contributed by atoms with Crippen molar-refractivity contribution < 1.29 is 14.3 Å². The lowest BCUT2D eigenvalue weighted by Gasteiger charge is -2.28. The highest BCUT2D eigenvalue weighted by Crippen LogP contribution is 2.35. The van der Waals surface area contributed by atoms with E-state index in [2.05, 4.69) is 20.3 Å². The molecule has 12 heteroatoms. The standard InChI is InChI=1S/C17H21N9O3/c18-12(27)9-22-17(28)26-2-1-11-13(10-7-20-15(19)21-8-10)23-16(24-14(11)26)25-3-5-29-6-4-25/h7-8H,1-6,9H2,(H2,18,27)(H,22,28)(H2,19,20,21). The number of nitrogens with zero attached hydrogens (tertiary/aromatic N) is 6. The number of hydrogen-bond donors (Lipinski definition) is 3. The largest absolute Gasteiger partial charge is 0.378 e. The maximum absolute atomic E-state index is 12.6. The fraction of sp³-hybridized carbons (Fsp3) is 0.412. The summed E-state index contributed by atoms with van der Waals surface area (Å²) >= 11 is 0. The number of anilines is 3. The summed E-state index contributed by atoms with van der Waals surface area (Å²) in [6, 6.07) is -0.436. The SMILES string of the molecule is NC(=O)CNC(=O)N1CCc2c(-c3cnc(N)nc3)nc(N3CCOCC3)nc21. The molecule has 2 aromatic heterocycles. The second kappa shape index (κ2) is 7.83. The number of hydrogen-bond acceptors (Lipinski definition) is 9. The molecule has 5 N–H and O–H groups in total. The molecule has 0 saturated carbocycles. The van der Waals surface area contributed by atoms with Crippen molar-refractivity contribution in [1.29, 1.82) is 0 Å². The van der Waals surface area contributed by atoms with Gasteiger partial charge in [0.25, 0.3) is 0 Å². The average Bonchev–Trinajstić information content (AvgIpc) is 3.17. The van der Waals surface area contributed by atoms with Crippen LogP contribution in [-0.2, 0) is 16.0 Å². The maximum Gasteiger partial charge on any atom is 0.323 e. The van der Waals surface area contributed by atoms with Crippen LogP contribution < -0.4 is 26.6 Å². The van der Waals surface area contributed by atoms with Crippen LogP contribution in [0, 0.1) is 0 Å². The van der Waals surface area contributed by atoms with Crippen molar-refractivity contribution in [3.8, 4) is 11.3 Å². The van der Waals surface area contributed by atoms with E-state index in [9.17, 15) is 9.59 Å². The van der Waals surface area contributed by atoms with Gasteiger partial charge in [0, 0.05) is 43.2 Å². The Morgan fingerprint density at radius 3 is 2.55 bits per heavy atom. The van der Waals surface area contributed by atoms with E-state index in [0.29, 0.717) is 62.3 Å². The number of urea groups is 1. The summed E-state index contributed by atoms with van der Waals surface area (Å²) in [6.45, 7) is 2.59. The molecule has 12 nitrogen and oxygen atoms in total. The van der Waals surface area contributed by atoms with Crippen molar-refractivity contribution in [2.75, 3.05) is 54.9 Å². The smallest absolute Gasteiger partial charge is 0.323 e. The third-order valence-electron chi connectivity index (χ3n) is 4.71. The first-order valence-corrected chi connectivity index (χ1v) is 9.18. The van der Waals surface area contributed by atoms with E-state index < -0.39 is 11.9 Å². The minimum atomic E-state index is -0.617. The van der Waals surface area contributed by atoms with Gasteiger partial charge in [-0.2, -0.15) is 4.98 Å². The Kier molecular flexibility index (Phi) is 5.08. The second-order valence-corrected chi connectivity index (χ2v) is 6.63. The molecule has 3 amide bonds. The number of nitrogen functional groups attached to an aromatic ring is 1. The van der Waals surface area contributed by atoms with E-state index in [-0.39, 0.29) is 12.5 Å². The van der Waals surface area contributed by atoms with Crippen molar-refractivity contribution in [3.63, 3.8) is 0 Å². The van der Waals surface area contributed by atoms with Gasteiger partial charge in [-0.1, -0.05) is 0 Å². The molecule has 2 aromatic rings. The molecule has 0 bridgehead atoms. The molecule has 152 valence electrons. The second-order valence-electron chi connectivity index (χ2n) is 6.63. The van der Waals surface area contributed by atoms with Crippen LogP contribution >= 0.6 is 0 Å². The lowest BCUT2D eigenvalue weighted by atomic mass is 10.1. The van der Waals surface area contributed by atoms with E-state index in [0.717, 1.165) is 5.56 Å². The van der Waals surface area contributed by atoms with Crippen molar-refractivity contribution in [3.05, 3.63) is 18.0 Å².